The Bertz CT molecular complexity index is 1450. The number of aliphatic hydroxyl groups is 3. The number of halogens is 1. The van der Waals surface area contributed by atoms with Gasteiger partial charge in [0.1, 0.15) is 22.8 Å². The first-order chi connectivity index (χ1) is 17.4. The molecule has 4 atom stereocenters. The Morgan fingerprint density at radius 1 is 1.16 bits per heavy atom. The number of pyridine rings is 1. The van der Waals surface area contributed by atoms with Crippen LogP contribution >= 0.6 is 0 Å². The van der Waals surface area contributed by atoms with E-state index >= 15 is 0 Å². The Kier molecular flexibility index (Phi) is 5.46. The lowest BCUT2D eigenvalue weighted by Crippen LogP contribution is -2.65. The fraction of sp³-hybridized carbons (Fsp3) is 0.308. The Balaban J connectivity index is 1.74. The van der Waals surface area contributed by atoms with E-state index in [4.69, 9.17) is 5.73 Å². The predicted octanol–water partition coefficient (Wildman–Crippen LogP) is 1.17. The largest absolute Gasteiger partial charge is 0.508 e. The average molecular weight is 509 g/mol. The van der Waals surface area contributed by atoms with Crippen molar-refractivity contribution in [1.29, 1.82) is 0 Å². The van der Waals surface area contributed by atoms with Gasteiger partial charge in [0.2, 0.25) is 11.7 Å². The molecular formula is C26H24FN3O7. The first kappa shape index (κ1) is 24.6. The van der Waals surface area contributed by atoms with Gasteiger partial charge in [-0.05, 0) is 62.2 Å². The third-order valence-electron chi connectivity index (χ3n) is 7.64. The normalized spacial score (nSPS) is 27.2. The Labute approximate surface area is 210 Å². The molecule has 0 spiro atoms. The van der Waals surface area contributed by atoms with E-state index in [-0.39, 0.29) is 29.7 Å². The van der Waals surface area contributed by atoms with Crippen molar-refractivity contribution in [3.8, 4) is 16.9 Å². The second-order valence-electron chi connectivity index (χ2n) is 9.82. The van der Waals surface area contributed by atoms with Gasteiger partial charge < -0.3 is 26.2 Å². The molecule has 3 aliphatic rings. The number of nitrogens with zero attached hydrogens (tertiary/aromatic N) is 2. The summed E-state index contributed by atoms with van der Waals surface area (Å²) in [7, 11) is 3.07. The number of benzene rings is 1. The van der Waals surface area contributed by atoms with Crippen LogP contribution in [0, 0.1) is 17.8 Å². The topological polar surface area (TPSA) is 174 Å². The molecule has 37 heavy (non-hydrogen) atoms. The zero-order chi connectivity index (χ0) is 27.0. The number of nitrogens with two attached hydrogens (primary N) is 1. The number of likely N-dealkylation sites (N-methyl/N-ethyl adjacent to an activating group) is 1. The van der Waals surface area contributed by atoms with E-state index in [0.29, 0.717) is 16.7 Å². The number of hydrogen-bond acceptors (Lipinski definition) is 9. The molecular weight excluding hydrogens is 485 g/mol. The van der Waals surface area contributed by atoms with Crippen LogP contribution in [0.3, 0.4) is 0 Å². The van der Waals surface area contributed by atoms with Gasteiger partial charge in [0.25, 0.3) is 5.91 Å². The van der Waals surface area contributed by atoms with Crippen molar-refractivity contribution < 1.29 is 39.2 Å². The van der Waals surface area contributed by atoms with Crippen LogP contribution in [0.15, 0.2) is 47.4 Å². The zero-order valence-corrected chi connectivity index (χ0v) is 19.9. The van der Waals surface area contributed by atoms with Crippen molar-refractivity contribution in [1.82, 2.24) is 9.88 Å². The van der Waals surface area contributed by atoms with Gasteiger partial charge in [-0.1, -0.05) is 6.07 Å². The predicted molar refractivity (Wildman–Crippen MR) is 127 cm³/mol. The highest BCUT2D eigenvalue weighted by molar-refractivity contribution is 6.24. The lowest BCUT2D eigenvalue weighted by Gasteiger charge is -2.50. The van der Waals surface area contributed by atoms with Crippen molar-refractivity contribution in [2.24, 2.45) is 17.6 Å². The minimum atomic E-state index is -2.70. The quantitative estimate of drug-likeness (QED) is 0.300. The van der Waals surface area contributed by atoms with E-state index in [1.807, 2.05) is 0 Å². The molecule has 1 heterocycles. The molecule has 3 aliphatic carbocycles. The number of primary amides is 1. The SMILES string of the molecule is CN(C)[C@H]1C(=O)C(C(N)=O)=C(O)[C@@]2(O)C(=O)C3=C(O)c4c(O)ccc(-c5ccc(F)nc5)c4C[C@H]3C[C@@H]12. The number of carbonyl (C=O) groups excluding carboxylic acids is 3. The third kappa shape index (κ3) is 3.31. The highest BCUT2D eigenvalue weighted by Crippen LogP contribution is 2.53. The summed E-state index contributed by atoms with van der Waals surface area (Å²) >= 11 is 0. The van der Waals surface area contributed by atoms with Gasteiger partial charge in [0.15, 0.2) is 11.4 Å². The molecule has 1 saturated carbocycles. The summed E-state index contributed by atoms with van der Waals surface area (Å²) in [5.74, 6) is -7.82. The molecule has 0 radical (unpaired) electrons. The van der Waals surface area contributed by atoms with Crippen LogP contribution in [0.1, 0.15) is 17.5 Å². The minimum absolute atomic E-state index is 0.0253. The standard InChI is InChI=1S/C26H24FN3O7/c1-30(2)20-14-8-11-7-13-12(10-3-6-16(27)29-9-10)4-5-15(31)18(13)21(32)17(11)23(34)26(14,37)24(35)19(22(20)33)25(28)36/h3-6,9,11,14,20,31-32,35,37H,7-8H2,1-2H3,(H2,28,36)/t11-,14-,20+,26-/m0/s1. The fourth-order valence-electron chi connectivity index (χ4n) is 6.05. The van der Waals surface area contributed by atoms with Crippen LogP contribution in [0.4, 0.5) is 4.39 Å². The number of carbonyl (C=O) groups is 3. The first-order valence-electron chi connectivity index (χ1n) is 11.5. The maximum Gasteiger partial charge on any atom is 0.255 e. The minimum Gasteiger partial charge on any atom is -0.508 e. The number of hydrogen-bond donors (Lipinski definition) is 5. The van der Waals surface area contributed by atoms with Crippen LogP contribution in [0.5, 0.6) is 5.75 Å². The number of aromatic hydroxyl groups is 1. The molecule has 192 valence electrons. The number of Topliss-reactive ketones (excluding diaryl/α,β-unsaturated/α-hetero) is 2. The average Bonchev–Trinajstić information content (AvgIpc) is 2.82. The molecule has 1 aromatic heterocycles. The summed E-state index contributed by atoms with van der Waals surface area (Å²) in [5.41, 5.74) is 3.00. The number of aromatic nitrogens is 1. The monoisotopic (exact) mass is 509 g/mol. The van der Waals surface area contributed by atoms with Gasteiger partial charge in [-0.15, -0.1) is 0 Å². The summed E-state index contributed by atoms with van der Waals surface area (Å²) in [4.78, 5) is 44.1. The van der Waals surface area contributed by atoms with Crippen molar-refractivity contribution in [2.75, 3.05) is 14.1 Å². The maximum absolute atomic E-state index is 13.8. The number of fused-ring (bicyclic) bond motifs is 3. The second-order valence-corrected chi connectivity index (χ2v) is 9.82. The molecule has 1 aromatic carbocycles. The molecule has 1 fully saturated rings. The van der Waals surface area contributed by atoms with Crippen LogP contribution in [0.25, 0.3) is 16.9 Å². The number of rotatable bonds is 3. The number of amides is 1. The molecule has 2 aromatic rings. The molecule has 5 rings (SSSR count). The summed E-state index contributed by atoms with van der Waals surface area (Å²) in [6.07, 6.45) is 1.40. The maximum atomic E-state index is 13.8. The lowest BCUT2D eigenvalue weighted by molar-refractivity contribution is -0.153. The summed E-state index contributed by atoms with van der Waals surface area (Å²) in [5, 5.41) is 44.4. The van der Waals surface area contributed by atoms with Gasteiger partial charge in [-0.3, -0.25) is 19.3 Å². The molecule has 0 unspecified atom stereocenters. The highest BCUT2D eigenvalue weighted by Gasteiger charge is 2.64. The van der Waals surface area contributed by atoms with E-state index < -0.39 is 64.0 Å². The van der Waals surface area contributed by atoms with Crippen LogP contribution in [-0.4, -0.2) is 73.5 Å². The van der Waals surface area contributed by atoms with E-state index in [0.717, 1.165) is 0 Å². The smallest absolute Gasteiger partial charge is 0.255 e. The van der Waals surface area contributed by atoms with Crippen molar-refractivity contribution in [3.05, 3.63) is 64.4 Å². The Hall–Kier alpha value is -4.09. The number of phenolic OH excluding ortho intramolecular Hbond substituents is 1. The molecule has 1 amide bonds. The summed E-state index contributed by atoms with van der Waals surface area (Å²) in [6, 6.07) is 4.39. The van der Waals surface area contributed by atoms with Gasteiger partial charge in [0.05, 0.1) is 11.6 Å². The highest BCUT2D eigenvalue weighted by atomic mass is 19.1. The molecule has 0 bridgehead atoms. The van der Waals surface area contributed by atoms with Gasteiger partial charge in [-0.25, -0.2) is 4.98 Å². The van der Waals surface area contributed by atoms with Crippen LogP contribution in [-0.2, 0) is 20.8 Å². The number of ketones is 2. The number of aliphatic hydroxyl groups excluding tert-OH is 2. The lowest BCUT2D eigenvalue weighted by atomic mass is 9.57. The van der Waals surface area contributed by atoms with E-state index in [2.05, 4.69) is 4.98 Å². The second kappa shape index (κ2) is 8.22. The van der Waals surface area contributed by atoms with Crippen molar-refractivity contribution in [3.63, 3.8) is 0 Å². The van der Waals surface area contributed by atoms with Crippen LogP contribution in [0.2, 0.25) is 0 Å². The number of phenols is 1. The van der Waals surface area contributed by atoms with Gasteiger partial charge in [-0.2, -0.15) is 4.39 Å². The van der Waals surface area contributed by atoms with E-state index in [9.17, 15) is 39.2 Å². The first-order valence-corrected chi connectivity index (χ1v) is 11.5. The van der Waals surface area contributed by atoms with Crippen molar-refractivity contribution in [2.45, 2.75) is 24.5 Å². The van der Waals surface area contributed by atoms with Gasteiger partial charge >= 0.3 is 0 Å². The molecule has 11 heteroatoms. The molecule has 10 nitrogen and oxygen atoms in total. The molecule has 0 saturated heterocycles. The van der Waals surface area contributed by atoms with Crippen molar-refractivity contribution >= 4 is 23.2 Å². The Morgan fingerprint density at radius 2 is 1.86 bits per heavy atom. The van der Waals surface area contributed by atoms with E-state index in [1.54, 1.807) is 6.07 Å². The zero-order valence-electron chi connectivity index (χ0n) is 19.9. The van der Waals surface area contributed by atoms with Gasteiger partial charge in [0, 0.05) is 23.3 Å². The van der Waals surface area contributed by atoms with Crippen LogP contribution < -0.4 is 5.73 Å². The fourth-order valence-corrected chi connectivity index (χ4v) is 6.05. The summed E-state index contributed by atoms with van der Waals surface area (Å²) in [6.45, 7) is 0. The molecule has 0 aliphatic heterocycles. The summed E-state index contributed by atoms with van der Waals surface area (Å²) < 4.78 is 13.4. The van der Waals surface area contributed by atoms with E-state index in [1.165, 1.54) is 43.4 Å². The Morgan fingerprint density at radius 3 is 2.46 bits per heavy atom. The third-order valence-corrected chi connectivity index (χ3v) is 7.64. The molecule has 6 N–H and O–H groups in total.